The maximum Gasteiger partial charge on any atom is 0.323 e. The summed E-state index contributed by atoms with van der Waals surface area (Å²) in [5.41, 5.74) is 8.04. The second kappa shape index (κ2) is 11.4. The molecule has 1 aliphatic heterocycles. The van der Waals surface area contributed by atoms with E-state index in [4.69, 9.17) is 22.1 Å². The van der Waals surface area contributed by atoms with Gasteiger partial charge in [-0.1, -0.05) is 25.1 Å². The van der Waals surface area contributed by atoms with E-state index in [9.17, 15) is 4.79 Å². The van der Waals surface area contributed by atoms with Gasteiger partial charge >= 0.3 is 6.01 Å². The Morgan fingerprint density at radius 2 is 2.19 bits per heavy atom. The van der Waals surface area contributed by atoms with Gasteiger partial charge in [-0.05, 0) is 43.0 Å². The smallest absolute Gasteiger partial charge is 0.323 e. The monoisotopic (exact) mass is 523 g/mol. The van der Waals surface area contributed by atoms with Crippen LogP contribution in [0.25, 0.3) is 0 Å². The zero-order valence-corrected chi connectivity index (χ0v) is 21.3. The van der Waals surface area contributed by atoms with Crippen molar-refractivity contribution in [2.45, 2.75) is 25.7 Å². The third kappa shape index (κ3) is 5.59. The van der Waals surface area contributed by atoms with Crippen LogP contribution in [0.15, 0.2) is 54.4 Å². The Morgan fingerprint density at radius 1 is 1.38 bits per heavy atom. The third-order valence-corrected chi connectivity index (χ3v) is 6.65. The van der Waals surface area contributed by atoms with Crippen molar-refractivity contribution in [2.24, 2.45) is 10.9 Å². The number of rotatable bonds is 8. The summed E-state index contributed by atoms with van der Waals surface area (Å²) in [6, 6.07) is 5.86. The number of aromatic nitrogens is 4. The van der Waals surface area contributed by atoms with Crippen molar-refractivity contribution in [3.63, 3.8) is 0 Å². The van der Waals surface area contributed by atoms with Crippen molar-refractivity contribution in [1.82, 2.24) is 24.8 Å². The van der Waals surface area contributed by atoms with E-state index < -0.39 is 5.82 Å². The van der Waals surface area contributed by atoms with Gasteiger partial charge in [0, 0.05) is 43.9 Å². The number of carbonyl (C=O) groups is 1. The number of carbonyl (C=O) groups excluding carboxylic acids is 1. The molecule has 4 rings (SSSR count). The number of amides is 1. The first-order valence-electron chi connectivity index (χ1n) is 11.8. The van der Waals surface area contributed by atoms with E-state index >= 15 is 4.39 Å². The topological polar surface area (TPSA) is 119 Å². The molecule has 192 valence electrons. The molecule has 1 saturated heterocycles. The molecule has 3 aromatic rings. The molecule has 2 unspecified atom stereocenters. The van der Waals surface area contributed by atoms with Crippen molar-refractivity contribution in [3.8, 4) is 11.8 Å². The molecule has 0 aliphatic carbocycles. The van der Waals surface area contributed by atoms with Gasteiger partial charge in [0.15, 0.2) is 0 Å². The lowest BCUT2D eigenvalue weighted by Gasteiger charge is -2.25. The number of likely N-dealkylation sites (tertiary alicyclic amines) is 1. The Balaban J connectivity index is 1.68. The molecule has 0 spiro atoms. The molecule has 2 N–H and O–H groups in total. The molecule has 11 heteroatoms. The van der Waals surface area contributed by atoms with Gasteiger partial charge in [0.2, 0.25) is 5.91 Å². The van der Waals surface area contributed by atoms with E-state index in [1.807, 2.05) is 0 Å². The van der Waals surface area contributed by atoms with Crippen LogP contribution in [0, 0.1) is 11.7 Å². The predicted octanol–water partition coefficient (Wildman–Crippen LogP) is 4.43. The van der Waals surface area contributed by atoms with Gasteiger partial charge in [-0.3, -0.25) is 9.79 Å². The lowest BCUT2D eigenvalue weighted by atomic mass is 9.83. The summed E-state index contributed by atoms with van der Waals surface area (Å²) in [4.78, 5) is 35.0. The van der Waals surface area contributed by atoms with Crippen LogP contribution in [0.1, 0.15) is 42.5 Å². The number of ether oxygens (including phenoxy) is 1. The SMILES string of the molecule is C=CC(=O)N1CCC(C(CC)c2ncnc(N)c2/C(=N\C)c2ccc(Oc3nccc(Cl)n3)cc2F)C1. The van der Waals surface area contributed by atoms with Crippen molar-refractivity contribution in [3.05, 3.63) is 77.2 Å². The second-order valence-corrected chi connectivity index (χ2v) is 8.94. The molecule has 0 bridgehead atoms. The first kappa shape index (κ1) is 26.2. The molecule has 1 fully saturated rings. The number of halogens is 2. The first-order valence-corrected chi connectivity index (χ1v) is 12.2. The molecular formula is C26H27ClFN7O2. The zero-order chi connectivity index (χ0) is 26.5. The summed E-state index contributed by atoms with van der Waals surface area (Å²) in [5, 5.41) is 0.208. The minimum atomic E-state index is -0.578. The van der Waals surface area contributed by atoms with Crippen LogP contribution in [0.3, 0.4) is 0 Å². The molecule has 2 aromatic heterocycles. The van der Waals surface area contributed by atoms with Crippen molar-refractivity contribution in [2.75, 3.05) is 25.9 Å². The highest BCUT2D eigenvalue weighted by Gasteiger charge is 2.34. The number of nitrogens with two attached hydrogens (primary N) is 1. The van der Waals surface area contributed by atoms with Crippen LogP contribution < -0.4 is 10.5 Å². The number of benzene rings is 1. The average Bonchev–Trinajstić information content (AvgIpc) is 3.37. The highest BCUT2D eigenvalue weighted by Crippen LogP contribution is 2.37. The van der Waals surface area contributed by atoms with Gasteiger partial charge in [-0.25, -0.2) is 19.3 Å². The Morgan fingerprint density at radius 3 is 2.86 bits per heavy atom. The highest BCUT2D eigenvalue weighted by molar-refractivity contribution is 6.29. The maximum atomic E-state index is 15.4. The Kier molecular flexibility index (Phi) is 8.08. The summed E-state index contributed by atoms with van der Waals surface area (Å²) in [6.07, 6.45) is 5.73. The van der Waals surface area contributed by atoms with E-state index in [0.29, 0.717) is 30.1 Å². The quantitative estimate of drug-likeness (QED) is 0.263. The second-order valence-electron chi connectivity index (χ2n) is 8.55. The molecule has 1 aromatic carbocycles. The standard InChI is InChI=1S/C26H27ClFN7O2/c1-4-17(15-9-11-35(13-15)21(36)5-2)24-22(25(29)33-14-32-24)23(30-3)18-7-6-16(12-19(18)28)37-26-31-10-8-20(27)34-26/h5-8,10,12,14-15,17H,2,4,9,11,13H2,1,3H3,(H2,29,32,33)/b30-23-. The van der Waals surface area contributed by atoms with Gasteiger partial charge in [0.25, 0.3) is 0 Å². The van der Waals surface area contributed by atoms with Gasteiger partial charge in [-0.2, -0.15) is 4.98 Å². The number of hydrogen-bond donors (Lipinski definition) is 1. The summed E-state index contributed by atoms with van der Waals surface area (Å²) in [7, 11) is 1.57. The van der Waals surface area contributed by atoms with Gasteiger partial charge in [0.05, 0.1) is 17.0 Å². The number of nitrogens with zero attached hydrogens (tertiary/aromatic N) is 6. The minimum Gasteiger partial charge on any atom is -0.424 e. The molecule has 0 saturated carbocycles. The van der Waals surface area contributed by atoms with Crippen LogP contribution in [0.2, 0.25) is 5.15 Å². The van der Waals surface area contributed by atoms with Crippen LogP contribution in [-0.4, -0.2) is 56.6 Å². The van der Waals surface area contributed by atoms with E-state index in [1.54, 1.807) is 24.1 Å². The molecule has 1 amide bonds. The van der Waals surface area contributed by atoms with Gasteiger partial charge in [-0.15, -0.1) is 0 Å². The van der Waals surface area contributed by atoms with Gasteiger partial charge in [0.1, 0.15) is 28.9 Å². The molecule has 3 heterocycles. The van der Waals surface area contributed by atoms with Crippen LogP contribution in [-0.2, 0) is 4.79 Å². The molecular weight excluding hydrogens is 497 g/mol. The average molecular weight is 524 g/mol. The van der Waals surface area contributed by atoms with Crippen LogP contribution in [0.4, 0.5) is 10.2 Å². The van der Waals surface area contributed by atoms with E-state index in [-0.39, 0.29) is 46.0 Å². The zero-order valence-electron chi connectivity index (χ0n) is 20.6. The number of anilines is 1. The Hall–Kier alpha value is -3.92. The normalized spacial score (nSPS) is 16.5. The number of nitrogen functional groups attached to an aromatic ring is 1. The van der Waals surface area contributed by atoms with Crippen LogP contribution >= 0.6 is 11.6 Å². The maximum absolute atomic E-state index is 15.4. The summed E-state index contributed by atoms with van der Waals surface area (Å²) in [5.74, 6) is -0.160. The minimum absolute atomic E-state index is 0.00152. The summed E-state index contributed by atoms with van der Waals surface area (Å²) in [6.45, 7) is 6.86. The molecule has 9 nitrogen and oxygen atoms in total. The Bertz CT molecular complexity index is 1350. The van der Waals surface area contributed by atoms with Gasteiger partial charge < -0.3 is 15.4 Å². The number of aliphatic imine (C=N–C) groups is 1. The van der Waals surface area contributed by atoms with E-state index in [2.05, 4.69) is 38.4 Å². The third-order valence-electron chi connectivity index (χ3n) is 6.44. The predicted molar refractivity (Wildman–Crippen MR) is 139 cm³/mol. The molecule has 2 atom stereocenters. The van der Waals surface area contributed by atoms with Crippen molar-refractivity contribution < 1.29 is 13.9 Å². The van der Waals surface area contributed by atoms with Crippen molar-refractivity contribution in [1.29, 1.82) is 0 Å². The van der Waals surface area contributed by atoms with Crippen molar-refractivity contribution >= 4 is 29.0 Å². The fourth-order valence-electron chi connectivity index (χ4n) is 4.73. The largest absolute Gasteiger partial charge is 0.424 e. The van der Waals surface area contributed by atoms with E-state index in [1.165, 1.54) is 30.7 Å². The molecule has 1 aliphatic rings. The fraction of sp³-hybridized carbons (Fsp3) is 0.308. The van der Waals surface area contributed by atoms with E-state index in [0.717, 1.165) is 12.8 Å². The Labute approximate surface area is 219 Å². The number of hydrogen-bond acceptors (Lipinski definition) is 8. The lowest BCUT2D eigenvalue weighted by Crippen LogP contribution is -2.28. The first-order chi connectivity index (χ1) is 17.9. The molecule has 0 radical (unpaired) electrons. The van der Waals surface area contributed by atoms with Crippen LogP contribution in [0.5, 0.6) is 11.8 Å². The molecule has 37 heavy (non-hydrogen) atoms. The lowest BCUT2D eigenvalue weighted by molar-refractivity contribution is -0.125. The highest BCUT2D eigenvalue weighted by atomic mass is 35.5. The fourth-order valence-corrected chi connectivity index (χ4v) is 4.85. The summed E-state index contributed by atoms with van der Waals surface area (Å²) < 4.78 is 21.0. The summed E-state index contributed by atoms with van der Waals surface area (Å²) >= 11 is 5.87.